The van der Waals surface area contributed by atoms with Crippen molar-refractivity contribution >= 4 is 13.5 Å². The molecule has 0 spiro atoms. The van der Waals surface area contributed by atoms with Crippen molar-refractivity contribution in [2.75, 3.05) is 19.8 Å². The number of hydrogen-bond donors (Lipinski definition) is 1. The fraction of sp³-hybridized carbons (Fsp3) is 0.800. The van der Waals surface area contributed by atoms with Crippen LogP contribution in [0.5, 0.6) is 0 Å². The van der Waals surface area contributed by atoms with Crippen molar-refractivity contribution in [1.82, 2.24) is 5.32 Å². The van der Waals surface area contributed by atoms with Gasteiger partial charge < -0.3 is 19.3 Å². The lowest BCUT2D eigenvalue weighted by molar-refractivity contribution is -0.196. The van der Waals surface area contributed by atoms with Crippen LogP contribution in [0.15, 0.2) is 0 Å². The van der Waals surface area contributed by atoms with Gasteiger partial charge in [-0.05, 0) is 0 Å². The van der Waals surface area contributed by atoms with Crippen LogP contribution in [-0.2, 0) is 13.9 Å². The van der Waals surface area contributed by atoms with E-state index in [1.807, 2.05) is 0 Å². The first-order chi connectivity index (χ1) is 4.92. The van der Waals surface area contributed by atoms with Gasteiger partial charge in [0.1, 0.15) is 7.60 Å². The molecule has 0 fully saturated rings. The van der Waals surface area contributed by atoms with Crippen molar-refractivity contribution in [1.29, 1.82) is 0 Å². The lowest BCUT2D eigenvalue weighted by Crippen LogP contribution is -2.24. The molecule has 0 saturated carbocycles. The average molecular weight is 180 g/mol. The molecule has 0 aliphatic heterocycles. The normalized spacial score (nSPS) is 15.5. The first kappa shape index (κ1) is 10.6. The van der Waals surface area contributed by atoms with Crippen LogP contribution >= 0.6 is 7.60 Å². The summed E-state index contributed by atoms with van der Waals surface area (Å²) in [5.41, 5.74) is 0. The Labute approximate surface area is 65.3 Å². The molecule has 0 aliphatic carbocycles. The monoisotopic (exact) mass is 180 g/mol. The zero-order valence-electron chi connectivity index (χ0n) is 6.49. The Hall–Kier alpha value is -0.380. The third-order valence-electron chi connectivity index (χ3n) is 0.802. The summed E-state index contributed by atoms with van der Waals surface area (Å²) < 4.78 is 14.7. The first-order valence-electron chi connectivity index (χ1n) is 3.09. The van der Waals surface area contributed by atoms with Crippen molar-refractivity contribution in [3.05, 3.63) is 0 Å². The molecule has 0 aromatic heterocycles. The molecule has 5 nitrogen and oxygen atoms in total. The van der Waals surface area contributed by atoms with E-state index < -0.39 is 7.60 Å². The van der Waals surface area contributed by atoms with Crippen LogP contribution < -0.4 is 10.2 Å². The van der Waals surface area contributed by atoms with E-state index >= 15 is 0 Å². The first-order valence-corrected chi connectivity index (χ1v) is 5.08. The van der Waals surface area contributed by atoms with Gasteiger partial charge in [-0.15, -0.1) is 0 Å². The number of nitrogens with one attached hydrogen (secondary N) is 1. The summed E-state index contributed by atoms with van der Waals surface area (Å²) in [5.74, 6) is -0.203. The Morgan fingerprint density at radius 3 is 2.64 bits per heavy atom. The highest BCUT2D eigenvalue weighted by Gasteiger charge is 1.97. The largest absolute Gasteiger partial charge is 0.779 e. The van der Waals surface area contributed by atoms with Gasteiger partial charge in [-0.1, -0.05) is 0 Å². The smallest absolute Gasteiger partial charge is 0.216 e. The van der Waals surface area contributed by atoms with E-state index in [1.54, 1.807) is 0 Å². The van der Waals surface area contributed by atoms with Crippen LogP contribution in [0.2, 0.25) is 0 Å². The summed E-state index contributed by atoms with van der Waals surface area (Å²) in [6.07, 6.45) is 0. The minimum atomic E-state index is -3.63. The minimum Gasteiger partial charge on any atom is -0.779 e. The molecule has 1 atom stereocenters. The summed E-state index contributed by atoms with van der Waals surface area (Å²) >= 11 is 0. The second kappa shape index (κ2) is 4.49. The number of amides is 1. The van der Waals surface area contributed by atoms with Crippen LogP contribution in [0, 0.1) is 0 Å². The third-order valence-corrected chi connectivity index (χ3v) is 1.45. The molecule has 1 N–H and O–H groups in total. The molecule has 1 amide bonds. The van der Waals surface area contributed by atoms with E-state index in [4.69, 9.17) is 0 Å². The van der Waals surface area contributed by atoms with Crippen molar-refractivity contribution < 1.29 is 18.8 Å². The molecule has 6 heteroatoms. The number of carbonyl (C=O) groups excluding carboxylic acids is 1. The van der Waals surface area contributed by atoms with Gasteiger partial charge >= 0.3 is 0 Å². The van der Waals surface area contributed by atoms with Crippen molar-refractivity contribution in [3.8, 4) is 0 Å². The number of carbonyl (C=O) groups is 1. The van der Waals surface area contributed by atoms with Crippen LogP contribution in [0.3, 0.4) is 0 Å². The minimum absolute atomic E-state index is 0.00312. The summed E-state index contributed by atoms with van der Waals surface area (Å²) in [6, 6.07) is 0. The Balaban J connectivity index is 3.29. The molecule has 66 valence electrons. The third kappa shape index (κ3) is 9.62. The van der Waals surface area contributed by atoms with Crippen LogP contribution in [-0.4, -0.2) is 25.7 Å². The molecule has 0 heterocycles. The maximum absolute atomic E-state index is 10.4. The molecule has 1 unspecified atom stereocenters. The van der Waals surface area contributed by atoms with Crippen molar-refractivity contribution in [2.45, 2.75) is 6.92 Å². The second-order valence-corrected chi connectivity index (χ2v) is 3.89. The molecule has 0 radical (unpaired) electrons. The van der Waals surface area contributed by atoms with Crippen molar-refractivity contribution in [3.63, 3.8) is 0 Å². The number of hydrogen-bond acceptors (Lipinski definition) is 4. The van der Waals surface area contributed by atoms with E-state index in [9.17, 15) is 14.3 Å². The molecule has 0 rings (SSSR count). The lowest BCUT2D eigenvalue weighted by atomic mass is 10.6. The van der Waals surface area contributed by atoms with Gasteiger partial charge in [0.25, 0.3) is 0 Å². The topological polar surface area (TPSA) is 78.5 Å². The lowest BCUT2D eigenvalue weighted by Gasteiger charge is -2.17. The van der Waals surface area contributed by atoms with Crippen LogP contribution in [0.1, 0.15) is 6.92 Å². The molecule has 11 heavy (non-hydrogen) atoms. The molecule has 0 aliphatic rings. The van der Waals surface area contributed by atoms with Crippen LogP contribution in [0.4, 0.5) is 0 Å². The maximum Gasteiger partial charge on any atom is 0.216 e. The summed E-state index contributed by atoms with van der Waals surface area (Å²) in [6.45, 7) is 2.55. The Morgan fingerprint density at radius 2 is 2.27 bits per heavy atom. The van der Waals surface area contributed by atoms with E-state index in [1.165, 1.54) is 6.92 Å². The van der Waals surface area contributed by atoms with Gasteiger partial charge in [0, 0.05) is 20.1 Å². The number of rotatable bonds is 4. The highest BCUT2D eigenvalue weighted by Crippen LogP contribution is 2.29. The summed E-state index contributed by atoms with van der Waals surface area (Å²) in [4.78, 5) is 20.6. The SMILES string of the molecule is CC(=O)NCCOP(C)(=O)[O-]. The Kier molecular flexibility index (Phi) is 4.33. The second-order valence-electron chi connectivity index (χ2n) is 2.09. The Bertz CT molecular complexity index is 175. The highest BCUT2D eigenvalue weighted by atomic mass is 31.2. The Morgan fingerprint density at radius 1 is 1.73 bits per heavy atom. The highest BCUT2D eigenvalue weighted by molar-refractivity contribution is 7.50. The van der Waals surface area contributed by atoms with Gasteiger partial charge in [0.2, 0.25) is 5.91 Å². The van der Waals surface area contributed by atoms with E-state index in [0.717, 1.165) is 6.66 Å². The van der Waals surface area contributed by atoms with E-state index in [2.05, 4.69) is 9.84 Å². The molecular formula is C5H11NO4P-. The fourth-order valence-corrected chi connectivity index (χ4v) is 0.861. The van der Waals surface area contributed by atoms with Gasteiger partial charge in [-0.2, -0.15) is 0 Å². The average Bonchev–Trinajstić information content (AvgIpc) is 1.78. The van der Waals surface area contributed by atoms with Crippen LogP contribution in [0.25, 0.3) is 0 Å². The zero-order chi connectivity index (χ0) is 8.91. The van der Waals surface area contributed by atoms with Gasteiger partial charge in [0.05, 0.1) is 6.61 Å². The predicted octanol–water partition coefficient (Wildman–Crippen LogP) is -0.678. The van der Waals surface area contributed by atoms with E-state index in [0.29, 0.717) is 0 Å². The van der Waals surface area contributed by atoms with E-state index in [-0.39, 0.29) is 19.1 Å². The predicted molar refractivity (Wildman–Crippen MR) is 38.2 cm³/mol. The molecule has 0 bridgehead atoms. The summed E-state index contributed by atoms with van der Waals surface area (Å²) in [7, 11) is -3.63. The fourth-order valence-electron chi connectivity index (χ4n) is 0.439. The van der Waals surface area contributed by atoms with Gasteiger partial charge in [0.15, 0.2) is 0 Å². The molecule has 0 saturated heterocycles. The van der Waals surface area contributed by atoms with Crippen molar-refractivity contribution in [2.24, 2.45) is 0 Å². The zero-order valence-corrected chi connectivity index (χ0v) is 7.39. The summed E-state index contributed by atoms with van der Waals surface area (Å²) in [5, 5.41) is 2.39. The maximum atomic E-state index is 10.4. The van der Waals surface area contributed by atoms with Gasteiger partial charge in [-0.3, -0.25) is 4.79 Å². The molecular weight excluding hydrogens is 169 g/mol. The molecule has 0 aromatic rings. The van der Waals surface area contributed by atoms with Gasteiger partial charge in [-0.25, -0.2) is 0 Å². The molecule has 0 aromatic carbocycles. The quantitative estimate of drug-likeness (QED) is 0.459. The standard InChI is InChI=1S/C5H12NO4P/c1-5(7)6-3-4-10-11(2,8)9/h3-4H2,1-2H3,(H,6,7)(H,8,9)/p-1.